The number of carbonyl (C=O) groups is 1. The molecule has 2 aromatic heterocycles. The molecule has 0 saturated carbocycles. The van der Waals surface area contributed by atoms with Gasteiger partial charge in [0.1, 0.15) is 11.3 Å². The van der Waals surface area contributed by atoms with Crippen LogP contribution in [0, 0.1) is 0 Å². The Labute approximate surface area is 137 Å². The summed E-state index contributed by atoms with van der Waals surface area (Å²) in [6.07, 6.45) is 3.36. The zero-order chi connectivity index (χ0) is 16.2. The monoisotopic (exact) mass is 328 g/mol. The largest absolute Gasteiger partial charge is 0.329 e. The minimum atomic E-state index is -0.279. The summed E-state index contributed by atoms with van der Waals surface area (Å²) < 4.78 is 1.64. The Hall–Kier alpha value is -2.74. The standard InChI is InChI=1S/C15H16N6OS/c1-10(14-16-6-7-23-14)18-15(22)19-12-5-3-4-11(8-12)13-17-9-21(2)20-13/h3-10H,1-2H3,(H2,18,19,22)/t10-/m1/s1. The molecule has 0 fully saturated rings. The third-order valence-corrected chi connectivity index (χ3v) is 4.11. The highest BCUT2D eigenvalue weighted by Gasteiger charge is 2.12. The van der Waals surface area contributed by atoms with Crippen LogP contribution in [0.4, 0.5) is 10.5 Å². The van der Waals surface area contributed by atoms with Gasteiger partial charge >= 0.3 is 6.03 Å². The minimum absolute atomic E-state index is 0.143. The van der Waals surface area contributed by atoms with Gasteiger partial charge in [-0.15, -0.1) is 11.3 Å². The highest BCUT2D eigenvalue weighted by molar-refractivity contribution is 7.09. The Morgan fingerprint density at radius 1 is 1.35 bits per heavy atom. The SMILES string of the molecule is C[C@@H](NC(=O)Nc1cccc(-c2ncn(C)n2)c1)c1nccs1. The average molecular weight is 328 g/mol. The van der Waals surface area contributed by atoms with Gasteiger partial charge in [0.25, 0.3) is 0 Å². The number of nitrogens with zero attached hydrogens (tertiary/aromatic N) is 4. The van der Waals surface area contributed by atoms with Crippen LogP contribution in [-0.2, 0) is 7.05 Å². The number of urea groups is 1. The first-order valence-electron chi connectivity index (χ1n) is 7.05. The van der Waals surface area contributed by atoms with E-state index in [1.165, 1.54) is 11.3 Å². The van der Waals surface area contributed by atoms with Crippen molar-refractivity contribution in [2.45, 2.75) is 13.0 Å². The molecule has 8 heteroatoms. The molecule has 23 heavy (non-hydrogen) atoms. The summed E-state index contributed by atoms with van der Waals surface area (Å²) in [5.74, 6) is 0.618. The molecule has 1 aromatic carbocycles. The molecule has 3 aromatic rings. The number of thiazole rings is 1. The third-order valence-electron chi connectivity index (χ3n) is 3.15. The lowest BCUT2D eigenvalue weighted by atomic mass is 10.2. The maximum Gasteiger partial charge on any atom is 0.319 e. The van der Waals surface area contributed by atoms with Crippen LogP contribution < -0.4 is 10.6 Å². The van der Waals surface area contributed by atoms with E-state index >= 15 is 0 Å². The molecular weight excluding hydrogens is 312 g/mol. The van der Waals surface area contributed by atoms with Crippen LogP contribution in [0.15, 0.2) is 42.2 Å². The molecule has 1 atom stereocenters. The number of benzene rings is 1. The van der Waals surface area contributed by atoms with Crippen molar-refractivity contribution < 1.29 is 4.79 Å². The molecule has 7 nitrogen and oxygen atoms in total. The summed E-state index contributed by atoms with van der Waals surface area (Å²) in [7, 11) is 1.81. The minimum Gasteiger partial charge on any atom is -0.329 e. The van der Waals surface area contributed by atoms with Crippen LogP contribution in [0.2, 0.25) is 0 Å². The van der Waals surface area contributed by atoms with Crippen LogP contribution in [0.3, 0.4) is 0 Å². The van der Waals surface area contributed by atoms with Crippen molar-refractivity contribution in [2.24, 2.45) is 7.05 Å². The molecule has 2 amide bonds. The van der Waals surface area contributed by atoms with Crippen molar-refractivity contribution in [2.75, 3.05) is 5.32 Å². The van der Waals surface area contributed by atoms with Gasteiger partial charge in [-0.1, -0.05) is 12.1 Å². The first-order chi connectivity index (χ1) is 11.1. The highest BCUT2D eigenvalue weighted by atomic mass is 32.1. The van der Waals surface area contributed by atoms with Crippen LogP contribution in [0.25, 0.3) is 11.4 Å². The predicted molar refractivity (Wildman–Crippen MR) is 89.1 cm³/mol. The summed E-state index contributed by atoms with van der Waals surface area (Å²) in [4.78, 5) is 20.5. The lowest BCUT2D eigenvalue weighted by molar-refractivity contribution is 0.249. The van der Waals surface area contributed by atoms with Crippen molar-refractivity contribution in [3.63, 3.8) is 0 Å². The molecule has 0 aliphatic carbocycles. The van der Waals surface area contributed by atoms with E-state index in [1.807, 2.05) is 43.6 Å². The van der Waals surface area contributed by atoms with E-state index in [-0.39, 0.29) is 12.1 Å². The Kier molecular flexibility index (Phi) is 4.33. The summed E-state index contributed by atoms with van der Waals surface area (Å²) in [6.45, 7) is 1.90. The molecule has 0 radical (unpaired) electrons. The van der Waals surface area contributed by atoms with Crippen molar-refractivity contribution in [1.82, 2.24) is 25.1 Å². The van der Waals surface area contributed by atoms with E-state index in [1.54, 1.807) is 17.2 Å². The number of rotatable bonds is 4. The number of anilines is 1. The Morgan fingerprint density at radius 3 is 2.91 bits per heavy atom. The molecule has 2 N–H and O–H groups in total. The molecule has 0 spiro atoms. The maximum atomic E-state index is 12.1. The quantitative estimate of drug-likeness (QED) is 0.771. The lowest BCUT2D eigenvalue weighted by Gasteiger charge is -2.12. The van der Waals surface area contributed by atoms with E-state index in [0.29, 0.717) is 11.5 Å². The number of nitrogens with one attached hydrogen (secondary N) is 2. The van der Waals surface area contributed by atoms with E-state index < -0.39 is 0 Å². The normalized spacial score (nSPS) is 11.9. The first-order valence-corrected chi connectivity index (χ1v) is 7.93. The molecule has 0 saturated heterocycles. The lowest BCUT2D eigenvalue weighted by Crippen LogP contribution is -2.31. The van der Waals surface area contributed by atoms with Gasteiger partial charge in [-0.2, -0.15) is 5.10 Å². The van der Waals surface area contributed by atoms with Gasteiger partial charge < -0.3 is 10.6 Å². The fourth-order valence-corrected chi connectivity index (χ4v) is 2.73. The molecule has 0 aliphatic heterocycles. The fourth-order valence-electron chi connectivity index (χ4n) is 2.08. The topological polar surface area (TPSA) is 84.7 Å². The van der Waals surface area contributed by atoms with Crippen molar-refractivity contribution in [1.29, 1.82) is 0 Å². The van der Waals surface area contributed by atoms with Crippen LogP contribution >= 0.6 is 11.3 Å². The second-order valence-electron chi connectivity index (χ2n) is 5.01. The number of aryl methyl sites for hydroxylation is 1. The number of carbonyl (C=O) groups excluding carboxylic acids is 1. The summed E-state index contributed by atoms with van der Waals surface area (Å²) in [6, 6.07) is 6.99. The fraction of sp³-hybridized carbons (Fsp3) is 0.200. The molecule has 3 rings (SSSR count). The predicted octanol–water partition coefficient (Wildman–Crippen LogP) is 2.82. The van der Waals surface area contributed by atoms with Crippen LogP contribution in [0.5, 0.6) is 0 Å². The van der Waals surface area contributed by atoms with E-state index in [2.05, 4.69) is 25.7 Å². The number of amides is 2. The molecule has 0 unspecified atom stereocenters. The van der Waals surface area contributed by atoms with Crippen LogP contribution in [-0.4, -0.2) is 25.8 Å². The van der Waals surface area contributed by atoms with Gasteiger partial charge in [-0.3, -0.25) is 4.68 Å². The summed E-state index contributed by atoms with van der Waals surface area (Å²) in [5, 5.41) is 12.7. The Balaban J connectivity index is 1.67. The highest BCUT2D eigenvalue weighted by Crippen LogP contribution is 2.19. The zero-order valence-corrected chi connectivity index (χ0v) is 13.5. The van der Waals surface area contributed by atoms with Gasteiger partial charge in [-0.05, 0) is 19.1 Å². The molecule has 0 bridgehead atoms. The van der Waals surface area contributed by atoms with Crippen molar-refractivity contribution in [3.8, 4) is 11.4 Å². The van der Waals surface area contributed by atoms with Crippen LogP contribution in [0.1, 0.15) is 18.0 Å². The molecule has 118 valence electrons. The van der Waals surface area contributed by atoms with Gasteiger partial charge in [0.05, 0.1) is 6.04 Å². The molecule has 2 heterocycles. The van der Waals surface area contributed by atoms with Gasteiger partial charge in [0, 0.05) is 29.9 Å². The van der Waals surface area contributed by atoms with E-state index in [4.69, 9.17) is 0 Å². The summed E-state index contributed by atoms with van der Waals surface area (Å²) >= 11 is 1.51. The number of hydrogen-bond donors (Lipinski definition) is 2. The van der Waals surface area contributed by atoms with Crippen molar-refractivity contribution in [3.05, 3.63) is 47.2 Å². The second kappa shape index (κ2) is 6.57. The zero-order valence-electron chi connectivity index (χ0n) is 12.7. The Bertz CT molecular complexity index is 798. The Morgan fingerprint density at radius 2 is 2.22 bits per heavy atom. The second-order valence-corrected chi connectivity index (χ2v) is 5.94. The van der Waals surface area contributed by atoms with E-state index in [0.717, 1.165) is 10.6 Å². The van der Waals surface area contributed by atoms with Gasteiger partial charge in [0.2, 0.25) is 0 Å². The molecule has 0 aliphatic rings. The third kappa shape index (κ3) is 3.72. The van der Waals surface area contributed by atoms with E-state index in [9.17, 15) is 4.79 Å². The van der Waals surface area contributed by atoms with Gasteiger partial charge in [0.15, 0.2) is 5.82 Å². The average Bonchev–Trinajstić information content (AvgIpc) is 3.18. The first kappa shape index (κ1) is 15.2. The molecular formula is C15H16N6OS. The maximum absolute atomic E-state index is 12.1. The smallest absolute Gasteiger partial charge is 0.319 e. The van der Waals surface area contributed by atoms with Crippen molar-refractivity contribution >= 4 is 23.1 Å². The summed E-state index contributed by atoms with van der Waals surface area (Å²) in [5.41, 5.74) is 1.52. The number of aromatic nitrogens is 4. The number of hydrogen-bond acceptors (Lipinski definition) is 5. The van der Waals surface area contributed by atoms with Gasteiger partial charge in [-0.25, -0.2) is 14.8 Å².